The first kappa shape index (κ1) is 41.0. The third kappa shape index (κ3) is 7.87. The van der Waals surface area contributed by atoms with E-state index in [1.807, 2.05) is 109 Å². The van der Waals surface area contributed by atoms with Gasteiger partial charge < -0.3 is 4.57 Å². The van der Waals surface area contributed by atoms with Crippen LogP contribution in [0, 0.1) is 11.3 Å². The van der Waals surface area contributed by atoms with E-state index in [0.717, 1.165) is 72.4 Å². The Labute approximate surface area is 380 Å². The lowest BCUT2D eigenvalue weighted by molar-refractivity contribution is 0.590. The van der Waals surface area contributed by atoms with Crippen molar-refractivity contribution in [1.29, 1.82) is 5.26 Å². The molecule has 65 heavy (non-hydrogen) atoms. The average molecular weight is 841 g/mol. The molecule has 0 aliphatic heterocycles. The van der Waals surface area contributed by atoms with E-state index >= 15 is 0 Å². The fourth-order valence-corrected chi connectivity index (χ4v) is 8.64. The van der Waals surface area contributed by atoms with Gasteiger partial charge in [0.05, 0.1) is 51.1 Å². The largest absolute Gasteiger partial charge is 0.308 e. The highest BCUT2D eigenvalue weighted by molar-refractivity contribution is 6.11. The molecule has 314 valence electrons. The lowest BCUT2D eigenvalue weighted by Gasteiger charge is -2.21. The van der Waals surface area contributed by atoms with Crippen LogP contribution >= 0.6 is 0 Å². The molecule has 0 saturated carbocycles. The molecule has 10 rings (SSSR count). The van der Waals surface area contributed by atoms with Crippen molar-refractivity contribution in [3.05, 3.63) is 199 Å². The summed E-state index contributed by atoms with van der Waals surface area (Å²) in [5, 5.41) is 13.2. The van der Waals surface area contributed by atoms with Crippen LogP contribution in [0.5, 0.6) is 0 Å². The van der Waals surface area contributed by atoms with Crippen molar-refractivity contribution < 1.29 is 0 Å². The first-order chi connectivity index (χ1) is 31.4. The molecule has 0 aliphatic carbocycles. The fraction of sp³-hybridized carbons (Fsp3) is 0.136. The first-order valence-corrected chi connectivity index (χ1v) is 22.1. The Balaban J connectivity index is 1.38. The van der Waals surface area contributed by atoms with Gasteiger partial charge in [-0.1, -0.05) is 175 Å². The van der Waals surface area contributed by atoms with Crippen LogP contribution in [-0.2, 0) is 10.8 Å². The maximum absolute atomic E-state index is 11.0. The molecule has 0 unspecified atom stereocenters. The molecule has 0 N–H and O–H groups in total. The van der Waals surface area contributed by atoms with Crippen molar-refractivity contribution >= 4 is 21.8 Å². The van der Waals surface area contributed by atoms with E-state index in [4.69, 9.17) is 19.9 Å². The summed E-state index contributed by atoms with van der Waals surface area (Å²) < 4.78 is 2.35. The summed E-state index contributed by atoms with van der Waals surface area (Å²) in [5.41, 5.74) is 13.8. The Hall–Kier alpha value is -8.01. The van der Waals surface area contributed by atoms with E-state index in [1.54, 1.807) is 0 Å². The third-order valence-electron chi connectivity index (χ3n) is 12.2. The van der Waals surface area contributed by atoms with Crippen LogP contribution in [0.4, 0.5) is 0 Å². The van der Waals surface area contributed by atoms with E-state index in [0.29, 0.717) is 28.5 Å². The molecule has 0 spiro atoms. The number of nitrogens with zero attached hydrogens (tertiary/aromatic N) is 6. The number of nitriles is 1. The molecule has 0 saturated heterocycles. The van der Waals surface area contributed by atoms with Crippen LogP contribution in [0.15, 0.2) is 182 Å². The van der Waals surface area contributed by atoms with E-state index in [-0.39, 0.29) is 10.8 Å². The predicted molar refractivity (Wildman–Crippen MR) is 267 cm³/mol. The van der Waals surface area contributed by atoms with Gasteiger partial charge in [0.1, 0.15) is 0 Å². The molecule has 10 aromatic rings. The van der Waals surface area contributed by atoms with Gasteiger partial charge in [-0.25, -0.2) is 19.9 Å². The topological polar surface area (TPSA) is 80.3 Å². The molecule has 0 radical (unpaired) electrons. The Morgan fingerprint density at radius 3 is 1.22 bits per heavy atom. The van der Waals surface area contributed by atoms with E-state index in [9.17, 15) is 5.26 Å². The monoisotopic (exact) mass is 840 g/mol. The Morgan fingerprint density at radius 1 is 0.400 bits per heavy atom. The number of aromatic nitrogens is 5. The zero-order valence-corrected chi connectivity index (χ0v) is 37.5. The summed E-state index contributed by atoms with van der Waals surface area (Å²) in [6, 6.07) is 64.9. The summed E-state index contributed by atoms with van der Waals surface area (Å²) in [7, 11) is 0. The van der Waals surface area contributed by atoms with Gasteiger partial charge in [0.2, 0.25) is 0 Å². The van der Waals surface area contributed by atoms with Crippen LogP contribution < -0.4 is 0 Å². The maximum Gasteiger partial charge on any atom is 0.162 e. The van der Waals surface area contributed by atoms with Crippen LogP contribution in [0.25, 0.3) is 95.3 Å². The highest BCUT2D eigenvalue weighted by Crippen LogP contribution is 2.44. The van der Waals surface area contributed by atoms with Crippen LogP contribution in [-0.4, -0.2) is 24.5 Å². The quantitative estimate of drug-likeness (QED) is 0.160. The van der Waals surface area contributed by atoms with Crippen molar-refractivity contribution in [2.75, 3.05) is 0 Å². The Morgan fingerprint density at radius 2 is 0.785 bits per heavy atom. The summed E-state index contributed by atoms with van der Waals surface area (Å²) in [5.74, 6) is 1.07. The molecule has 0 aliphatic rings. The van der Waals surface area contributed by atoms with Crippen molar-refractivity contribution in [1.82, 2.24) is 24.5 Å². The molecule has 3 heterocycles. The van der Waals surface area contributed by atoms with Gasteiger partial charge in [-0.15, -0.1) is 0 Å². The highest BCUT2D eigenvalue weighted by atomic mass is 15.0. The zero-order valence-electron chi connectivity index (χ0n) is 37.5. The lowest BCUT2D eigenvalue weighted by atomic mass is 9.85. The van der Waals surface area contributed by atoms with Gasteiger partial charge >= 0.3 is 0 Å². The molecule has 3 aromatic heterocycles. The number of benzene rings is 7. The summed E-state index contributed by atoms with van der Waals surface area (Å²) in [6.07, 6.45) is 0. The number of hydrogen-bond acceptors (Lipinski definition) is 5. The molecule has 6 heteroatoms. The summed E-state index contributed by atoms with van der Waals surface area (Å²) in [4.78, 5) is 21.3. The maximum atomic E-state index is 11.0. The third-order valence-corrected chi connectivity index (χ3v) is 12.2. The Bertz CT molecular complexity index is 3090. The van der Waals surface area contributed by atoms with Crippen molar-refractivity contribution in [3.63, 3.8) is 0 Å². The first-order valence-electron chi connectivity index (χ1n) is 22.1. The smallest absolute Gasteiger partial charge is 0.162 e. The highest BCUT2D eigenvalue weighted by Gasteiger charge is 2.27. The molecule has 6 nitrogen and oxygen atoms in total. The van der Waals surface area contributed by atoms with Crippen molar-refractivity contribution in [2.45, 2.75) is 52.4 Å². The van der Waals surface area contributed by atoms with Gasteiger partial charge in [0.25, 0.3) is 0 Å². The SMILES string of the molecule is CC(C)(C)c1ccc2c(c1)c1cc(C(C)(C)C)ccc1n2-c1c(-c2cc(-c3ccccc3)nc(-c3ccccc3)n2)cc(C#N)cc1-c1nc(-c2ccccc2)cc(-c2ccccc2)n1. The van der Waals surface area contributed by atoms with Gasteiger partial charge in [-0.05, 0) is 70.5 Å². The standard InChI is InChI=1S/C59H48N6/c1-58(2,3)43-27-29-53-45(33-43)46-34-44(59(4,5)6)28-30-54(46)65(53)55-47(52-36-51(41-23-15-9-16-24-41)61-56(64-52)42-25-17-10-18-26-42)31-38(37-60)32-48(55)57-62-49(39-19-11-7-12-20-39)35-50(63-57)40-21-13-8-14-22-40/h7-36H,1-6H3. The normalized spacial score (nSPS) is 11.8. The molecule has 0 bridgehead atoms. The van der Waals surface area contributed by atoms with Gasteiger partial charge in [-0.3, -0.25) is 0 Å². The average Bonchev–Trinajstić information content (AvgIpc) is 3.66. The van der Waals surface area contributed by atoms with E-state index in [2.05, 4.69) is 125 Å². The number of fused-ring (bicyclic) bond motifs is 3. The molecular formula is C59H48N6. The van der Waals surface area contributed by atoms with Crippen LogP contribution in [0.1, 0.15) is 58.2 Å². The van der Waals surface area contributed by atoms with Crippen LogP contribution in [0.2, 0.25) is 0 Å². The second-order valence-corrected chi connectivity index (χ2v) is 18.7. The summed E-state index contributed by atoms with van der Waals surface area (Å²) >= 11 is 0. The van der Waals surface area contributed by atoms with Gasteiger partial charge in [0, 0.05) is 44.2 Å². The minimum absolute atomic E-state index is 0.0861. The number of rotatable bonds is 7. The van der Waals surface area contributed by atoms with E-state index in [1.165, 1.54) is 11.1 Å². The molecule has 0 atom stereocenters. The minimum atomic E-state index is -0.0861. The fourth-order valence-electron chi connectivity index (χ4n) is 8.64. The lowest BCUT2D eigenvalue weighted by Crippen LogP contribution is -2.10. The molecule has 0 amide bonds. The predicted octanol–water partition coefficient (Wildman–Crippen LogP) is 14.8. The molecule has 0 fully saturated rings. The molecule has 7 aromatic carbocycles. The second-order valence-electron chi connectivity index (χ2n) is 18.7. The van der Waals surface area contributed by atoms with Crippen molar-refractivity contribution in [2.24, 2.45) is 0 Å². The molecular weight excluding hydrogens is 793 g/mol. The minimum Gasteiger partial charge on any atom is -0.308 e. The van der Waals surface area contributed by atoms with Gasteiger partial charge in [-0.2, -0.15) is 5.26 Å². The second kappa shape index (κ2) is 16.3. The van der Waals surface area contributed by atoms with Crippen LogP contribution in [0.3, 0.4) is 0 Å². The van der Waals surface area contributed by atoms with Gasteiger partial charge in [0.15, 0.2) is 11.6 Å². The zero-order chi connectivity index (χ0) is 44.9. The van der Waals surface area contributed by atoms with E-state index < -0.39 is 0 Å². The Kier molecular flexibility index (Phi) is 10.3. The number of hydrogen-bond donors (Lipinski definition) is 0. The van der Waals surface area contributed by atoms with Crippen molar-refractivity contribution in [3.8, 4) is 79.6 Å². The summed E-state index contributed by atoms with van der Waals surface area (Å²) in [6.45, 7) is 13.6.